The Morgan fingerprint density at radius 2 is 2.10 bits per heavy atom. The lowest BCUT2D eigenvalue weighted by molar-refractivity contribution is -0.0533. The highest BCUT2D eigenvalue weighted by Crippen LogP contribution is 2.33. The Balaban J connectivity index is 2.16. The molecule has 1 aliphatic rings. The highest BCUT2D eigenvalue weighted by molar-refractivity contribution is 5.00. The fraction of sp³-hybridized carbons (Fsp3) is 0.857. The number of rotatable bonds is 6. The molecule has 1 saturated carbocycles. The largest absolute Gasteiger partial charge is 0.377 e. The zero-order chi connectivity index (χ0) is 14.4. The Bertz CT molecular complexity index is 398. The van der Waals surface area contributed by atoms with Crippen LogP contribution in [0.3, 0.4) is 0 Å². The van der Waals surface area contributed by atoms with E-state index in [1.807, 2.05) is 4.68 Å². The Morgan fingerprint density at radius 3 is 2.65 bits per heavy atom. The van der Waals surface area contributed by atoms with Crippen LogP contribution in [-0.2, 0) is 17.7 Å². The Kier molecular flexibility index (Phi) is 5.51. The number of hydrazine groups is 1. The van der Waals surface area contributed by atoms with Gasteiger partial charge in [-0.15, -0.1) is 0 Å². The van der Waals surface area contributed by atoms with Gasteiger partial charge >= 0.3 is 0 Å². The minimum atomic E-state index is -0.185. The van der Waals surface area contributed by atoms with Gasteiger partial charge in [0.05, 0.1) is 11.6 Å². The average molecular weight is 281 g/mol. The predicted octanol–water partition coefficient (Wildman–Crippen LogP) is 1.41. The monoisotopic (exact) mass is 281 g/mol. The van der Waals surface area contributed by atoms with Crippen LogP contribution in [0, 0.1) is 0 Å². The first kappa shape index (κ1) is 15.4. The first-order chi connectivity index (χ1) is 9.75. The molecule has 0 saturated heterocycles. The summed E-state index contributed by atoms with van der Waals surface area (Å²) in [5.74, 6) is 6.80. The van der Waals surface area contributed by atoms with Crippen LogP contribution in [0.2, 0.25) is 0 Å². The zero-order valence-electron chi connectivity index (χ0n) is 12.6. The summed E-state index contributed by atoms with van der Waals surface area (Å²) in [5, 5.41) is 4.23. The van der Waals surface area contributed by atoms with Gasteiger partial charge < -0.3 is 4.74 Å². The van der Waals surface area contributed by atoms with E-state index in [1.165, 1.54) is 25.7 Å². The Morgan fingerprint density at radius 1 is 1.40 bits per heavy atom. The quantitative estimate of drug-likeness (QED) is 0.468. The minimum absolute atomic E-state index is 0.0695. The molecule has 6 nitrogen and oxygen atoms in total. The maximum Gasteiger partial charge on any atom is 0.138 e. The van der Waals surface area contributed by atoms with Gasteiger partial charge in [-0.25, -0.2) is 4.98 Å². The second-order valence-electron chi connectivity index (χ2n) is 5.60. The summed E-state index contributed by atoms with van der Waals surface area (Å²) >= 11 is 0. The molecule has 0 bridgehead atoms. The van der Waals surface area contributed by atoms with E-state index in [0.29, 0.717) is 0 Å². The number of nitrogens with zero attached hydrogens (tertiary/aromatic N) is 3. The van der Waals surface area contributed by atoms with Crippen molar-refractivity contribution < 1.29 is 4.74 Å². The minimum Gasteiger partial charge on any atom is -0.377 e. The van der Waals surface area contributed by atoms with Crippen LogP contribution < -0.4 is 11.3 Å². The van der Waals surface area contributed by atoms with E-state index in [0.717, 1.165) is 31.6 Å². The molecule has 1 aromatic heterocycles. The van der Waals surface area contributed by atoms with Crippen molar-refractivity contribution in [3.8, 4) is 0 Å². The third-order valence-corrected chi connectivity index (χ3v) is 4.57. The molecule has 1 unspecified atom stereocenters. The van der Waals surface area contributed by atoms with Gasteiger partial charge in [-0.1, -0.05) is 25.7 Å². The van der Waals surface area contributed by atoms with Gasteiger partial charge in [0, 0.05) is 20.1 Å². The standard InChI is InChI=1S/C14H27N5O/c1-3-19-13(16-11-17-19)10-12(18-15)14(20-2)8-6-4-5-7-9-14/h11-12,18H,3-10,15H2,1-2H3. The fourth-order valence-corrected chi connectivity index (χ4v) is 3.31. The molecule has 6 heteroatoms. The van der Waals surface area contributed by atoms with Crippen LogP contribution in [0.1, 0.15) is 51.3 Å². The van der Waals surface area contributed by atoms with Gasteiger partial charge in [0.15, 0.2) is 0 Å². The summed E-state index contributed by atoms with van der Waals surface area (Å²) in [6.45, 7) is 2.90. The summed E-state index contributed by atoms with van der Waals surface area (Å²) in [6.07, 6.45) is 9.44. The number of hydrogen-bond acceptors (Lipinski definition) is 5. The predicted molar refractivity (Wildman–Crippen MR) is 78.0 cm³/mol. The van der Waals surface area contributed by atoms with E-state index >= 15 is 0 Å². The summed E-state index contributed by atoms with van der Waals surface area (Å²) in [5.41, 5.74) is 2.79. The van der Waals surface area contributed by atoms with Gasteiger partial charge in [0.25, 0.3) is 0 Å². The van der Waals surface area contributed by atoms with Crippen molar-refractivity contribution in [2.75, 3.05) is 7.11 Å². The Labute approximate surface area is 121 Å². The number of nitrogens with one attached hydrogen (secondary N) is 1. The molecule has 0 radical (unpaired) electrons. The third-order valence-electron chi connectivity index (χ3n) is 4.57. The molecule has 114 valence electrons. The fourth-order valence-electron chi connectivity index (χ4n) is 3.31. The van der Waals surface area contributed by atoms with Crippen molar-refractivity contribution in [1.82, 2.24) is 20.2 Å². The number of methoxy groups -OCH3 is 1. The molecule has 0 spiro atoms. The van der Waals surface area contributed by atoms with Crippen molar-refractivity contribution in [3.63, 3.8) is 0 Å². The lowest BCUT2D eigenvalue weighted by Gasteiger charge is -2.38. The van der Waals surface area contributed by atoms with E-state index < -0.39 is 0 Å². The van der Waals surface area contributed by atoms with E-state index in [1.54, 1.807) is 13.4 Å². The van der Waals surface area contributed by atoms with Gasteiger partial charge in [0.1, 0.15) is 12.2 Å². The SMILES string of the molecule is CCn1ncnc1CC(NN)C1(OC)CCCCCC1. The van der Waals surface area contributed by atoms with Crippen LogP contribution in [0.15, 0.2) is 6.33 Å². The van der Waals surface area contributed by atoms with Gasteiger partial charge in [0.2, 0.25) is 0 Å². The average Bonchev–Trinajstić information content (AvgIpc) is 2.79. The highest BCUT2D eigenvalue weighted by Gasteiger charge is 2.39. The first-order valence-electron chi connectivity index (χ1n) is 7.63. The molecule has 1 aliphatic carbocycles. The number of aromatic nitrogens is 3. The maximum atomic E-state index is 5.93. The van der Waals surface area contributed by atoms with Crippen molar-refractivity contribution >= 4 is 0 Å². The Hall–Kier alpha value is -0.980. The molecule has 1 heterocycles. The molecule has 0 aliphatic heterocycles. The number of ether oxygens (including phenoxy) is 1. The molecular weight excluding hydrogens is 254 g/mol. The number of hydrogen-bond donors (Lipinski definition) is 2. The van der Waals surface area contributed by atoms with Crippen molar-refractivity contribution in [2.45, 2.75) is 70.1 Å². The molecule has 1 atom stereocenters. The number of nitrogens with two attached hydrogens (primary N) is 1. The smallest absolute Gasteiger partial charge is 0.138 e. The summed E-state index contributed by atoms with van der Waals surface area (Å²) in [6, 6.07) is 0.0695. The lowest BCUT2D eigenvalue weighted by Crippen LogP contribution is -2.55. The molecule has 0 amide bonds. The van der Waals surface area contributed by atoms with Crippen molar-refractivity contribution in [2.24, 2.45) is 5.84 Å². The van der Waals surface area contributed by atoms with Crippen LogP contribution in [0.25, 0.3) is 0 Å². The highest BCUT2D eigenvalue weighted by atomic mass is 16.5. The first-order valence-corrected chi connectivity index (χ1v) is 7.63. The zero-order valence-corrected chi connectivity index (χ0v) is 12.6. The summed E-state index contributed by atoms with van der Waals surface area (Å²) < 4.78 is 7.86. The number of aryl methyl sites for hydroxylation is 1. The lowest BCUT2D eigenvalue weighted by atomic mass is 9.84. The van der Waals surface area contributed by atoms with Crippen LogP contribution in [-0.4, -0.2) is 33.5 Å². The van der Waals surface area contributed by atoms with Gasteiger partial charge in [-0.3, -0.25) is 16.0 Å². The van der Waals surface area contributed by atoms with E-state index in [9.17, 15) is 0 Å². The van der Waals surface area contributed by atoms with E-state index in [4.69, 9.17) is 10.6 Å². The second-order valence-corrected chi connectivity index (χ2v) is 5.60. The molecule has 1 aromatic rings. The molecule has 3 N–H and O–H groups in total. The third kappa shape index (κ3) is 3.19. The van der Waals surface area contributed by atoms with Crippen LogP contribution in [0.5, 0.6) is 0 Å². The van der Waals surface area contributed by atoms with E-state index in [2.05, 4.69) is 22.4 Å². The molecule has 1 fully saturated rings. The normalized spacial score (nSPS) is 20.6. The van der Waals surface area contributed by atoms with Gasteiger partial charge in [-0.05, 0) is 19.8 Å². The van der Waals surface area contributed by atoms with Crippen molar-refractivity contribution in [1.29, 1.82) is 0 Å². The maximum absolute atomic E-state index is 5.93. The molecule has 0 aromatic carbocycles. The molecule has 2 rings (SSSR count). The second kappa shape index (κ2) is 7.15. The molecular formula is C14H27N5O. The van der Waals surface area contributed by atoms with Crippen LogP contribution >= 0.6 is 0 Å². The topological polar surface area (TPSA) is 78.0 Å². The van der Waals surface area contributed by atoms with Gasteiger partial charge in [-0.2, -0.15) is 5.10 Å². The summed E-state index contributed by atoms with van der Waals surface area (Å²) in [4.78, 5) is 4.36. The van der Waals surface area contributed by atoms with Crippen molar-refractivity contribution in [3.05, 3.63) is 12.2 Å². The van der Waals surface area contributed by atoms with Crippen LogP contribution in [0.4, 0.5) is 0 Å². The van der Waals surface area contributed by atoms with E-state index in [-0.39, 0.29) is 11.6 Å². The molecule has 20 heavy (non-hydrogen) atoms. The summed E-state index contributed by atoms with van der Waals surface area (Å²) in [7, 11) is 1.81.